The third kappa shape index (κ3) is 7.87. The van der Waals surface area contributed by atoms with E-state index in [2.05, 4.69) is 36.5 Å². The number of carbonyl (C=O) groups is 2. The van der Waals surface area contributed by atoms with Crippen LogP contribution in [0.2, 0.25) is 0 Å². The maximum Gasteiger partial charge on any atom is 0.332 e. The molecule has 1 heterocycles. The molecule has 0 aliphatic carbocycles. The van der Waals surface area contributed by atoms with E-state index in [0.717, 1.165) is 41.3 Å². The lowest BCUT2D eigenvalue weighted by atomic mass is 10.1. The number of ether oxygens (including phenoxy) is 3. The molecule has 7 nitrogen and oxygen atoms in total. The van der Waals surface area contributed by atoms with Crippen molar-refractivity contribution in [2.24, 2.45) is 0 Å². The smallest absolute Gasteiger partial charge is 0.332 e. The van der Waals surface area contributed by atoms with Crippen LogP contribution in [0.5, 0.6) is 5.75 Å². The monoisotopic (exact) mass is 562 g/mol. The molecule has 0 spiro atoms. The zero-order valence-corrected chi connectivity index (χ0v) is 24.2. The van der Waals surface area contributed by atoms with Gasteiger partial charge in [0.25, 0.3) is 5.91 Å². The minimum absolute atomic E-state index is 0.177. The number of carbonyl (C=O) groups excluding carboxylic acids is 2. The predicted octanol–water partition coefficient (Wildman–Crippen LogP) is 5.35. The fourth-order valence-electron chi connectivity index (χ4n) is 4.65. The zero-order chi connectivity index (χ0) is 28.3. The lowest BCUT2D eigenvalue weighted by molar-refractivity contribution is -0.152. The van der Waals surface area contributed by atoms with Gasteiger partial charge in [0.05, 0.1) is 24.7 Å². The molecule has 1 aliphatic rings. The van der Waals surface area contributed by atoms with Crippen LogP contribution in [0.1, 0.15) is 35.3 Å². The SMILES string of the molecule is CCOC(=O)CO[C@@H]1C(=O)N(CCNCCCc2ccc(C)cc2)c2ccccc2S[C@@H]1c1ccc(OC)cc1. The Hall–Kier alpha value is -3.33. The molecule has 212 valence electrons. The average molecular weight is 563 g/mol. The van der Waals surface area contributed by atoms with E-state index in [-0.39, 0.29) is 24.4 Å². The van der Waals surface area contributed by atoms with E-state index >= 15 is 0 Å². The Bertz CT molecular complexity index is 1250. The van der Waals surface area contributed by atoms with Gasteiger partial charge >= 0.3 is 5.97 Å². The third-order valence-electron chi connectivity index (χ3n) is 6.78. The van der Waals surface area contributed by atoms with Gasteiger partial charge in [0, 0.05) is 18.0 Å². The lowest BCUT2D eigenvalue weighted by Gasteiger charge is -2.28. The minimum atomic E-state index is -0.878. The lowest BCUT2D eigenvalue weighted by Crippen LogP contribution is -2.45. The van der Waals surface area contributed by atoms with Gasteiger partial charge in [0.15, 0.2) is 6.10 Å². The molecule has 0 saturated heterocycles. The molecule has 0 unspecified atom stereocenters. The number of hydrogen-bond acceptors (Lipinski definition) is 7. The highest BCUT2D eigenvalue weighted by molar-refractivity contribution is 7.99. The summed E-state index contributed by atoms with van der Waals surface area (Å²) in [7, 11) is 1.62. The molecule has 1 aliphatic heterocycles. The maximum atomic E-state index is 14.1. The van der Waals surface area contributed by atoms with Gasteiger partial charge in [-0.3, -0.25) is 4.79 Å². The third-order valence-corrected chi connectivity index (χ3v) is 8.15. The van der Waals surface area contributed by atoms with Crippen molar-refractivity contribution in [3.05, 3.63) is 89.5 Å². The molecule has 0 bridgehead atoms. The molecular weight excluding hydrogens is 524 g/mol. The van der Waals surface area contributed by atoms with E-state index in [1.165, 1.54) is 11.1 Å². The summed E-state index contributed by atoms with van der Waals surface area (Å²) in [5.41, 5.74) is 4.35. The number of thioether (sulfide) groups is 1. The van der Waals surface area contributed by atoms with Crippen molar-refractivity contribution in [3.63, 3.8) is 0 Å². The first kappa shape index (κ1) is 29.6. The first-order valence-electron chi connectivity index (χ1n) is 13.7. The summed E-state index contributed by atoms with van der Waals surface area (Å²) < 4.78 is 16.4. The molecule has 40 heavy (non-hydrogen) atoms. The van der Waals surface area contributed by atoms with Crippen molar-refractivity contribution in [3.8, 4) is 5.75 Å². The Labute approximate surface area is 241 Å². The van der Waals surface area contributed by atoms with E-state index in [9.17, 15) is 9.59 Å². The number of para-hydroxylation sites is 1. The van der Waals surface area contributed by atoms with Crippen LogP contribution >= 0.6 is 11.8 Å². The van der Waals surface area contributed by atoms with Gasteiger partial charge in [0.2, 0.25) is 0 Å². The molecule has 0 aromatic heterocycles. The summed E-state index contributed by atoms with van der Waals surface area (Å²) >= 11 is 1.57. The summed E-state index contributed by atoms with van der Waals surface area (Å²) in [6, 6.07) is 24.2. The number of nitrogens with one attached hydrogen (secondary N) is 1. The number of aryl methyl sites for hydroxylation is 2. The van der Waals surface area contributed by atoms with Gasteiger partial charge in [-0.15, -0.1) is 11.8 Å². The molecule has 3 aromatic carbocycles. The van der Waals surface area contributed by atoms with Crippen LogP contribution in [-0.2, 0) is 25.5 Å². The van der Waals surface area contributed by atoms with Crippen LogP contribution in [0.3, 0.4) is 0 Å². The topological polar surface area (TPSA) is 77.1 Å². The molecule has 2 atom stereocenters. The summed E-state index contributed by atoms with van der Waals surface area (Å²) in [4.78, 5) is 29.1. The quantitative estimate of drug-likeness (QED) is 0.222. The Morgan fingerprint density at radius 3 is 2.48 bits per heavy atom. The summed E-state index contributed by atoms with van der Waals surface area (Å²) in [5, 5.41) is 3.13. The van der Waals surface area contributed by atoms with Crippen molar-refractivity contribution in [2.45, 2.75) is 42.9 Å². The number of esters is 1. The molecule has 0 fully saturated rings. The first-order chi connectivity index (χ1) is 19.5. The zero-order valence-electron chi connectivity index (χ0n) is 23.4. The maximum absolute atomic E-state index is 14.1. The normalized spacial score (nSPS) is 16.8. The number of anilines is 1. The summed E-state index contributed by atoms with van der Waals surface area (Å²) in [6.45, 7) is 5.77. The van der Waals surface area contributed by atoms with Gasteiger partial charge < -0.3 is 24.4 Å². The van der Waals surface area contributed by atoms with Gasteiger partial charge in [-0.1, -0.05) is 54.1 Å². The fourth-order valence-corrected chi connectivity index (χ4v) is 6.00. The van der Waals surface area contributed by atoms with E-state index < -0.39 is 12.1 Å². The predicted molar refractivity (Wildman–Crippen MR) is 159 cm³/mol. The molecule has 1 N–H and O–H groups in total. The Morgan fingerprint density at radius 1 is 1.00 bits per heavy atom. The van der Waals surface area contributed by atoms with Gasteiger partial charge in [-0.05, 0) is 68.6 Å². The summed E-state index contributed by atoms with van der Waals surface area (Å²) in [6.07, 6.45) is 1.13. The van der Waals surface area contributed by atoms with Crippen LogP contribution in [0.25, 0.3) is 0 Å². The van der Waals surface area contributed by atoms with Gasteiger partial charge in [0.1, 0.15) is 12.4 Å². The first-order valence-corrected chi connectivity index (χ1v) is 14.6. The van der Waals surface area contributed by atoms with Gasteiger partial charge in [-0.25, -0.2) is 4.79 Å². The highest BCUT2D eigenvalue weighted by Crippen LogP contribution is 2.46. The molecule has 0 saturated carbocycles. The largest absolute Gasteiger partial charge is 0.497 e. The molecule has 4 rings (SSSR count). The van der Waals surface area contributed by atoms with E-state index in [1.807, 2.05) is 48.5 Å². The number of fused-ring (bicyclic) bond motifs is 1. The van der Waals surface area contributed by atoms with Crippen LogP contribution in [0.4, 0.5) is 5.69 Å². The number of amides is 1. The Kier molecular flexibility index (Phi) is 11.0. The number of methoxy groups -OCH3 is 1. The second-order valence-electron chi connectivity index (χ2n) is 9.64. The summed E-state index contributed by atoms with van der Waals surface area (Å²) in [5.74, 6) is 0.0644. The molecule has 8 heteroatoms. The highest BCUT2D eigenvalue weighted by atomic mass is 32.2. The van der Waals surface area contributed by atoms with Crippen molar-refractivity contribution in [2.75, 3.05) is 44.9 Å². The van der Waals surface area contributed by atoms with E-state index in [1.54, 1.807) is 30.7 Å². The van der Waals surface area contributed by atoms with Crippen LogP contribution < -0.4 is 15.0 Å². The Balaban J connectivity index is 1.49. The highest BCUT2D eigenvalue weighted by Gasteiger charge is 2.39. The van der Waals surface area contributed by atoms with Crippen molar-refractivity contribution < 1.29 is 23.8 Å². The van der Waals surface area contributed by atoms with Crippen molar-refractivity contribution in [1.82, 2.24) is 5.32 Å². The number of benzene rings is 3. The second kappa shape index (κ2) is 14.9. The fraction of sp³-hybridized carbons (Fsp3) is 0.375. The molecule has 0 radical (unpaired) electrons. The average Bonchev–Trinajstić information content (AvgIpc) is 3.09. The van der Waals surface area contributed by atoms with Crippen LogP contribution in [0.15, 0.2) is 77.7 Å². The second-order valence-corrected chi connectivity index (χ2v) is 10.8. The van der Waals surface area contributed by atoms with Crippen molar-refractivity contribution >= 4 is 29.3 Å². The van der Waals surface area contributed by atoms with Crippen LogP contribution in [0, 0.1) is 6.92 Å². The molecular formula is C32H38N2O5S. The standard InChI is InChI=1S/C32H38N2O5S/c1-4-38-29(35)22-39-30-31(25-15-17-26(37-3)18-16-25)40-28-10-6-5-9-27(28)34(32(30)36)21-20-33-19-7-8-24-13-11-23(2)12-14-24/h5-6,9-18,30-31,33H,4,7-8,19-22H2,1-3H3/t30-,31+/m0/s1. The Morgan fingerprint density at radius 2 is 1.75 bits per heavy atom. The number of rotatable bonds is 13. The van der Waals surface area contributed by atoms with Gasteiger partial charge in [-0.2, -0.15) is 0 Å². The van der Waals surface area contributed by atoms with Crippen molar-refractivity contribution in [1.29, 1.82) is 0 Å². The molecule has 1 amide bonds. The van der Waals surface area contributed by atoms with E-state index in [0.29, 0.717) is 13.1 Å². The number of hydrogen-bond donors (Lipinski definition) is 1. The molecule has 3 aromatic rings. The van der Waals surface area contributed by atoms with Crippen LogP contribution in [-0.4, -0.2) is 57.9 Å². The number of nitrogens with zero attached hydrogens (tertiary/aromatic N) is 1. The van der Waals surface area contributed by atoms with E-state index in [4.69, 9.17) is 14.2 Å². The minimum Gasteiger partial charge on any atom is -0.497 e.